The number of aromatic amines is 1. The van der Waals surface area contributed by atoms with Gasteiger partial charge in [-0.25, -0.2) is 0 Å². The fraction of sp³-hybridized carbons (Fsp3) is 0.818. The van der Waals surface area contributed by atoms with Gasteiger partial charge in [-0.2, -0.15) is 5.10 Å². The maximum Gasteiger partial charge on any atom is 0.195 e. The van der Waals surface area contributed by atoms with Crippen LogP contribution in [-0.4, -0.2) is 28.5 Å². The van der Waals surface area contributed by atoms with E-state index >= 15 is 0 Å². The zero-order valence-electron chi connectivity index (χ0n) is 9.95. The van der Waals surface area contributed by atoms with Crippen molar-refractivity contribution in [3.63, 3.8) is 0 Å². The summed E-state index contributed by atoms with van der Waals surface area (Å²) in [5, 5.41) is 7.32. The van der Waals surface area contributed by atoms with Gasteiger partial charge in [-0.1, -0.05) is 19.8 Å². The summed E-state index contributed by atoms with van der Waals surface area (Å²) >= 11 is 5.26. The van der Waals surface area contributed by atoms with Gasteiger partial charge < -0.3 is 9.30 Å². The Labute approximate surface area is 101 Å². The number of nitrogens with zero attached hydrogens (tertiary/aromatic N) is 2. The molecule has 0 amide bonds. The fourth-order valence-corrected chi connectivity index (χ4v) is 2.77. The lowest BCUT2D eigenvalue weighted by Gasteiger charge is -2.23. The van der Waals surface area contributed by atoms with Crippen LogP contribution < -0.4 is 0 Å². The van der Waals surface area contributed by atoms with Gasteiger partial charge >= 0.3 is 0 Å². The summed E-state index contributed by atoms with van der Waals surface area (Å²) < 4.78 is 7.91. The molecule has 0 spiro atoms. The largest absolute Gasteiger partial charge is 0.383 e. The standard InChI is InChI=1S/C11H19N3OS/c1-11(5-3-4-6-11)9-12-13-10(16)14(9)7-8-15-2/h3-8H2,1-2H3,(H,13,16). The highest BCUT2D eigenvalue weighted by Gasteiger charge is 2.35. The monoisotopic (exact) mass is 241 g/mol. The molecule has 0 bridgehead atoms. The Bertz CT molecular complexity index is 404. The van der Waals surface area contributed by atoms with Crippen molar-refractivity contribution < 1.29 is 4.74 Å². The van der Waals surface area contributed by atoms with Crippen LogP contribution in [0.4, 0.5) is 0 Å². The van der Waals surface area contributed by atoms with Crippen LogP contribution in [0.25, 0.3) is 0 Å². The molecule has 0 aliphatic heterocycles. The quantitative estimate of drug-likeness (QED) is 0.823. The van der Waals surface area contributed by atoms with E-state index in [-0.39, 0.29) is 5.41 Å². The number of rotatable bonds is 4. The third-order valence-corrected chi connectivity index (χ3v) is 3.84. The molecule has 0 radical (unpaired) electrons. The van der Waals surface area contributed by atoms with Gasteiger partial charge in [0.05, 0.1) is 13.2 Å². The van der Waals surface area contributed by atoms with Gasteiger partial charge in [-0.05, 0) is 25.1 Å². The summed E-state index contributed by atoms with van der Waals surface area (Å²) in [5.74, 6) is 1.10. The molecule has 4 nitrogen and oxygen atoms in total. The summed E-state index contributed by atoms with van der Waals surface area (Å²) in [6, 6.07) is 0. The minimum absolute atomic E-state index is 0.196. The first kappa shape index (κ1) is 11.8. The van der Waals surface area contributed by atoms with Crippen molar-refractivity contribution in [2.45, 2.75) is 44.6 Å². The molecule has 90 valence electrons. The topological polar surface area (TPSA) is 42.8 Å². The van der Waals surface area contributed by atoms with Crippen LogP contribution >= 0.6 is 12.2 Å². The van der Waals surface area contributed by atoms with E-state index in [1.807, 2.05) is 0 Å². The van der Waals surface area contributed by atoms with Crippen molar-refractivity contribution in [3.8, 4) is 0 Å². The number of hydrogen-bond acceptors (Lipinski definition) is 3. The maximum atomic E-state index is 5.26. The Hall–Kier alpha value is -0.680. The van der Waals surface area contributed by atoms with Gasteiger partial charge in [0.2, 0.25) is 0 Å². The SMILES string of the molecule is COCCn1c(C2(C)CCCC2)n[nH]c1=S. The van der Waals surface area contributed by atoms with Crippen LogP contribution in [0.5, 0.6) is 0 Å². The number of methoxy groups -OCH3 is 1. The number of H-pyrrole nitrogens is 1. The van der Waals surface area contributed by atoms with Crippen LogP contribution in [0.15, 0.2) is 0 Å². The highest BCUT2D eigenvalue weighted by molar-refractivity contribution is 7.71. The van der Waals surface area contributed by atoms with Crippen molar-refractivity contribution in [1.29, 1.82) is 0 Å². The molecular weight excluding hydrogens is 222 g/mol. The summed E-state index contributed by atoms with van der Waals surface area (Å²) in [6.45, 7) is 3.75. The normalized spacial score (nSPS) is 19.1. The summed E-state index contributed by atoms with van der Waals surface area (Å²) in [4.78, 5) is 0. The van der Waals surface area contributed by atoms with E-state index in [0.717, 1.165) is 12.4 Å². The highest BCUT2D eigenvalue weighted by atomic mass is 32.1. The first-order valence-corrected chi connectivity index (χ1v) is 6.23. The molecule has 1 aromatic heterocycles. The van der Waals surface area contributed by atoms with E-state index in [1.165, 1.54) is 25.7 Å². The summed E-state index contributed by atoms with van der Waals surface area (Å²) in [6.07, 6.45) is 5.00. The maximum absolute atomic E-state index is 5.26. The Kier molecular flexibility index (Phi) is 3.44. The Morgan fingerprint density at radius 1 is 1.50 bits per heavy atom. The molecule has 0 unspecified atom stereocenters. The molecule has 0 atom stereocenters. The molecule has 1 N–H and O–H groups in total. The molecule has 0 saturated heterocycles. The van der Waals surface area contributed by atoms with Gasteiger partial charge in [0.1, 0.15) is 5.82 Å². The van der Waals surface area contributed by atoms with Gasteiger partial charge in [0, 0.05) is 12.5 Å². The molecule has 1 saturated carbocycles. The minimum atomic E-state index is 0.196. The first-order chi connectivity index (χ1) is 7.67. The van der Waals surface area contributed by atoms with Gasteiger partial charge in [-0.3, -0.25) is 5.10 Å². The van der Waals surface area contributed by atoms with E-state index < -0.39 is 0 Å². The number of hydrogen-bond donors (Lipinski definition) is 1. The highest BCUT2D eigenvalue weighted by Crippen LogP contribution is 2.39. The van der Waals surface area contributed by atoms with Gasteiger partial charge in [-0.15, -0.1) is 0 Å². The zero-order chi connectivity index (χ0) is 11.6. The second-order valence-corrected chi connectivity index (χ2v) is 5.15. The van der Waals surface area contributed by atoms with Gasteiger partial charge in [0.15, 0.2) is 4.77 Å². The molecule has 1 aliphatic rings. The summed E-state index contributed by atoms with van der Waals surface area (Å²) in [7, 11) is 1.71. The van der Waals surface area contributed by atoms with Gasteiger partial charge in [0.25, 0.3) is 0 Å². The van der Waals surface area contributed by atoms with E-state index in [1.54, 1.807) is 7.11 Å². The predicted octanol–water partition coefficient (Wildman–Crippen LogP) is 2.42. The van der Waals surface area contributed by atoms with Crippen LogP contribution in [0.2, 0.25) is 0 Å². The number of nitrogens with one attached hydrogen (secondary N) is 1. The van der Waals surface area contributed by atoms with Crippen molar-refractivity contribution in [2.75, 3.05) is 13.7 Å². The Morgan fingerprint density at radius 2 is 2.19 bits per heavy atom. The molecule has 1 aliphatic carbocycles. The second kappa shape index (κ2) is 4.67. The van der Waals surface area contributed by atoms with Crippen molar-refractivity contribution in [2.24, 2.45) is 0 Å². The first-order valence-electron chi connectivity index (χ1n) is 5.82. The van der Waals surface area contributed by atoms with Crippen LogP contribution in [0.1, 0.15) is 38.4 Å². The molecule has 1 fully saturated rings. The van der Waals surface area contributed by atoms with E-state index in [4.69, 9.17) is 17.0 Å². The van der Waals surface area contributed by atoms with Crippen molar-refractivity contribution >= 4 is 12.2 Å². The average Bonchev–Trinajstić information content (AvgIpc) is 2.84. The van der Waals surface area contributed by atoms with E-state index in [2.05, 4.69) is 21.7 Å². The minimum Gasteiger partial charge on any atom is -0.383 e. The fourth-order valence-electron chi connectivity index (χ4n) is 2.55. The molecule has 5 heteroatoms. The van der Waals surface area contributed by atoms with Crippen LogP contribution in [0.3, 0.4) is 0 Å². The lowest BCUT2D eigenvalue weighted by molar-refractivity contribution is 0.184. The molecular formula is C11H19N3OS. The van der Waals surface area contributed by atoms with E-state index in [9.17, 15) is 0 Å². The third kappa shape index (κ3) is 2.06. The number of aromatic nitrogens is 3. The smallest absolute Gasteiger partial charge is 0.195 e. The third-order valence-electron chi connectivity index (χ3n) is 3.52. The summed E-state index contributed by atoms with van der Waals surface area (Å²) in [5.41, 5.74) is 0.196. The Balaban J connectivity index is 2.29. The zero-order valence-corrected chi connectivity index (χ0v) is 10.8. The lowest BCUT2D eigenvalue weighted by atomic mass is 9.88. The molecule has 2 rings (SSSR count). The lowest BCUT2D eigenvalue weighted by Crippen LogP contribution is -2.24. The second-order valence-electron chi connectivity index (χ2n) is 4.76. The van der Waals surface area contributed by atoms with E-state index in [0.29, 0.717) is 11.4 Å². The number of ether oxygens (including phenoxy) is 1. The van der Waals surface area contributed by atoms with Crippen molar-refractivity contribution in [3.05, 3.63) is 10.6 Å². The van der Waals surface area contributed by atoms with Crippen molar-refractivity contribution in [1.82, 2.24) is 14.8 Å². The molecule has 1 heterocycles. The Morgan fingerprint density at radius 3 is 2.81 bits per heavy atom. The molecule has 1 aromatic rings. The predicted molar refractivity (Wildman–Crippen MR) is 65.1 cm³/mol. The van der Waals surface area contributed by atoms with Crippen LogP contribution in [0, 0.1) is 4.77 Å². The molecule has 0 aromatic carbocycles. The van der Waals surface area contributed by atoms with Crippen LogP contribution in [-0.2, 0) is 16.7 Å². The average molecular weight is 241 g/mol. The molecule has 16 heavy (non-hydrogen) atoms.